The van der Waals surface area contributed by atoms with Gasteiger partial charge in [-0.1, -0.05) is 36.4 Å². The maximum atomic E-state index is 13.0. The molecule has 0 spiro atoms. The molecule has 1 nitrogen and oxygen atoms in total. The summed E-state index contributed by atoms with van der Waals surface area (Å²) in [4.78, 5) is 0. The van der Waals surface area contributed by atoms with Crippen LogP contribution in [0.25, 0.3) is 0 Å². The normalized spacial score (nSPS) is 16.0. The number of nitriles is 1. The van der Waals surface area contributed by atoms with E-state index < -0.39 is 5.41 Å². The average molecular weight is 237 g/mol. The largest absolute Gasteiger partial charge is 0.207 e. The molecule has 2 aromatic rings. The summed E-state index contributed by atoms with van der Waals surface area (Å²) in [7, 11) is 0. The number of halogens is 1. The molecule has 18 heavy (non-hydrogen) atoms. The first-order valence-corrected chi connectivity index (χ1v) is 5.98. The van der Waals surface area contributed by atoms with Gasteiger partial charge < -0.3 is 0 Å². The van der Waals surface area contributed by atoms with E-state index in [2.05, 4.69) is 18.2 Å². The third-order valence-corrected chi connectivity index (χ3v) is 3.71. The highest BCUT2D eigenvalue weighted by Gasteiger charge is 2.38. The van der Waals surface area contributed by atoms with Crippen molar-refractivity contribution < 1.29 is 4.39 Å². The van der Waals surface area contributed by atoms with Crippen LogP contribution < -0.4 is 0 Å². The maximum Gasteiger partial charge on any atom is 0.123 e. The number of hydrogen-bond donors (Lipinski definition) is 0. The van der Waals surface area contributed by atoms with Crippen molar-refractivity contribution in [2.75, 3.05) is 0 Å². The molecule has 2 aromatic carbocycles. The highest BCUT2D eigenvalue weighted by atomic mass is 19.1. The lowest BCUT2D eigenvalue weighted by Crippen LogP contribution is -2.24. The maximum absolute atomic E-state index is 13.0. The molecule has 0 radical (unpaired) electrons. The second kappa shape index (κ2) is 3.96. The quantitative estimate of drug-likeness (QED) is 0.745. The zero-order chi connectivity index (χ0) is 12.6. The lowest BCUT2D eigenvalue weighted by Gasteiger charge is -2.20. The lowest BCUT2D eigenvalue weighted by molar-refractivity contribution is 0.580. The highest BCUT2D eigenvalue weighted by molar-refractivity contribution is 5.46. The van der Waals surface area contributed by atoms with Crippen molar-refractivity contribution in [2.45, 2.75) is 18.3 Å². The van der Waals surface area contributed by atoms with Gasteiger partial charge in [0.05, 0.1) is 11.5 Å². The zero-order valence-corrected chi connectivity index (χ0v) is 9.86. The van der Waals surface area contributed by atoms with Gasteiger partial charge in [0.25, 0.3) is 0 Å². The van der Waals surface area contributed by atoms with E-state index in [9.17, 15) is 9.65 Å². The summed E-state index contributed by atoms with van der Waals surface area (Å²) in [5, 5.41) is 9.57. The van der Waals surface area contributed by atoms with E-state index in [1.165, 1.54) is 23.3 Å². The molecule has 0 saturated heterocycles. The fourth-order valence-corrected chi connectivity index (χ4v) is 2.73. The molecule has 0 atom stereocenters. The van der Waals surface area contributed by atoms with E-state index in [1.807, 2.05) is 12.1 Å². The Morgan fingerprint density at radius 2 is 1.50 bits per heavy atom. The van der Waals surface area contributed by atoms with Gasteiger partial charge in [0.1, 0.15) is 5.82 Å². The summed E-state index contributed by atoms with van der Waals surface area (Å²) in [6.07, 6.45) is 1.43. The predicted molar refractivity (Wildman–Crippen MR) is 67.5 cm³/mol. The fourth-order valence-electron chi connectivity index (χ4n) is 2.73. The Bertz CT molecular complexity index is 597. The van der Waals surface area contributed by atoms with Crippen LogP contribution in [0.3, 0.4) is 0 Å². The van der Waals surface area contributed by atoms with Gasteiger partial charge in [-0.2, -0.15) is 5.26 Å². The van der Waals surface area contributed by atoms with Gasteiger partial charge in [0, 0.05) is 0 Å². The Morgan fingerprint density at radius 1 is 0.944 bits per heavy atom. The monoisotopic (exact) mass is 237 g/mol. The molecule has 0 aromatic heterocycles. The Kier molecular flexibility index (Phi) is 2.41. The average Bonchev–Trinajstić information content (AvgIpc) is 2.79. The number of hydrogen-bond acceptors (Lipinski definition) is 1. The second-order valence-corrected chi connectivity index (χ2v) is 4.82. The SMILES string of the molecule is N#CC1(c2ccc(F)cc2)Cc2ccccc2C1. The standard InChI is InChI=1S/C16H12FN/c17-15-7-5-14(6-8-15)16(11-18)9-12-3-1-2-4-13(12)10-16/h1-8H,9-10H2. The molecule has 0 fully saturated rings. The molecule has 0 saturated carbocycles. The molecule has 0 amide bonds. The van der Waals surface area contributed by atoms with Crippen molar-refractivity contribution in [3.05, 3.63) is 71.0 Å². The summed E-state index contributed by atoms with van der Waals surface area (Å²) in [6, 6.07) is 16.9. The van der Waals surface area contributed by atoms with Crippen molar-refractivity contribution in [1.82, 2.24) is 0 Å². The molecule has 2 heteroatoms. The molecular weight excluding hydrogens is 225 g/mol. The van der Waals surface area contributed by atoms with Crippen LogP contribution in [0.5, 0.6) is 0 Å². The molecule has 1 aliphatic carbocycles. The Balaban J connectivity index is 2.05. The lowest BCUT2D eigenvalue weighted by atomic mass is 9.79. The molecule has 1 aliphatic rings. The number of benzene rings is 2. The van der Waals surface area contributed by atoms with Gasteiger partial charge >= 0.3 is 0 Å². The summed E-state index contributed by atoms with van der Waals surface area (Å²) >= 11 is 0. The third kappa shape index (κ3) is 1.60. The van der Waals surface area contributed by atoms with E-state index in [0.29, 0.717) is 12.8 Å². The molecule has 0 bridgehead atoms. The van der Waals surface area contributed by atoms with E-state index in [0.717, 1.165) is 5.56 Å². The Morgan fingerprint density at radius 3 is 2.00 bits per heavy atom. The molecule has 3 rings (SSSR count). The molecule has 0 aliphatic heterocycles. The minimum atomic E-state index is -0.530. The molecular formula is C16H12FN. The van der Waals surface area contributed by atoms with Gasteiger partial charge in [-0.05, 0) is 41.7 Å². The summed E-state index contributed by atoms with van der Waals surface area (Å²) in [5.74, 6) is -0.262. The van der Waals surface area contributed by atoms with Crippen molar-refractivity contribution in [1.29, 1.82) is 5.26 Å². The molecule has 0 heterocycles. The predicted octanol–water partition coefficient (Wildman–Crippen LogP) is 3.39. The van der Waals surface area contributed by atoms with Crippen LogP contribution in [-0.4, -0.2) is 0 Å². The third-order valence-electron chi connectivity index (χ3n) is 3.71. The Hall–Kier alpha value is -2.14. The van der Waals surface area contributed by atoms with Crippen LogP contribution in [-0.2, 0) is 18.3 Å². The fraction of sp³-hybridized carbons (Fsp3) is 0.188. The first-order valence-electron chi connectivity index (χ1n) is 5.98. The van der Waals surface area contributed by atoms with Crippen molar-refractivity contribution in [2.24, 2.45) is 0 Å². The Labute approximate surface area is 106 Å². The topological polar surface area (TPSA) is 23.8 Å². The van der Waals surface area contributed by atoms with Gasteiger partial charge in [-0.25, -0.2) is 4.39 Å². The smallest absolute Gasteiger partial charge is 0.123 e. The highest BCUT2D eigenvalue weighted by Crippen LogP contribution is 2.39. The van der Waals surface area contributed by atoms with Gasteiger partial charge in [0.15, 0.2) is 0 Å². The van der Waals surface area contributed by atoms with E-state index >= 15 is 0 Å². The summed E-state index contributed by atoms with van der Waals surface area (Å²) in [6.45, 7) is 0. The molecule has 0 N–H and O–H groups in total. The van der Waals surface area contributed by atoms with Crippen LogP contribution in [0.1, 0.15) is 16.7 Å². The van der Waals surface area contributed by atoms with Crippen LogP contribution in [0.4, 0.5) is 4.39 Å². The van der Waals surface area contributed by atoms with Crippen molar-refractivity contribution in [3.63, 3.8) is 0 Å². The van der Waals surface area contributed by atoms with Crippen LogP contribution in [0, 0.1) is 17.1 Å². The number of rotatable bonds is 1. The second-order valence-electron chi connectivity index (χ2n) is 4.82. The van der Waals surface area contributed by atoms with Crippen molar-refractivity contribution in [3.8, 4) is 6.07 Å². The summed E-state index contributed by atoms with van der Waals surface area (Å²) < 4.78 is 13.0. The van der Waals surface area contributed by atoms with E-state index in [1.54, 1.807) is 12.1 Å². The van der Waals surface area contributed by atoms with E-state index in [-0.39, 0.29) is 5.82 Å². The minimum absolute atomic E-state index is 0.262. The minimum Gasteiger partial charge on any atom is -0.207 e. The summed E-state index contributed by atoms with van der Waals surface area (Å²) in [5.41, 5.74) is 2.83. The molecule has 88 valence electrons. The zero-order valence-electron chi connectivity index (χ0n) is 9.86. The number of fused-ring (bicyclic) bond motifs is 1. The van der Waals surface area contributed by atoms with Crippen LogP contribution >= 0.6 is 0 Å². The van der Waals surface area contributed by atoms with Crippen molar-refractivity contribution >= 4 is 0 Å². The van der Waals surface area contributed by atoms with Gasteiger partial charge in [0.2, 0.25) is 0 Å². The van der Waals surface area contributed by atoms with Gasteiger partial charge in [-0.15, -0.1) is 0 Å². The van der Waals surface area contributed by atoms with E-state index in [4.69, 9.17) is 0 Å². The van der Waals surface area contributed by atoms with Crippen LogP contribution in [0.2, 0.25) is 0 Å². The molecule has 0 unspecified atom stereocenters. The first-order chi connectivity index (χ1) is 8.73. The van der Waals surface area contributed by atoms with Crippen LogP contribution in [0.15, 0.2) is 48.5 Å². The number of nitrogens with zero attached hydrogens (tertiary/aromatic N) is 1. The first kappa shape index (κ1) is 11.0. The van der Waals surface area contributed by atoms with Gasteiger partial charge in [-0.3, -0.25) is 0 Å².